The van der Waals surface area contributed by atoms with Crippen LogP contribution in [0.25, 0.3) is 35.7 Å². The van der Waals surface area contributed by atoms with Crippen molar-refractivity contribution in [1.82, 2.24) is 9.97 Å². The van der Waals surface area contributed by atoms with E-state index in [2.05, 4.69) is 9.97 Å². The summed E-state index contributed by atoms with van der Waals surface area (Å²) in [5.41, 5.74) is 5.40. The second-order valence-corrected chi connectivity index (χ2v) is 7.83. The molecule has 0 unspecified atom stereocenters. The van der Waals surface area contributed by atoms with Crippen LogP contribution in [0.3, 0.4) is 0 Å². The molecule has 6 heteroatoms. The van der Waals surface area contributed by atoms with Crippen LogP contribution in [0, 0.1) is 0 Å². The lowest BCUT2D eigenvalue weighted by Crippen LogP contribution is -1.90. The number of pyridine rings is 2. The summed E-state index contributed by atoms with van der Waals surface area (Å²) in [4.78, 5) is 9.07. The average Bonchev–Trinajstić information content (AvgIpc) is 2.94. The summed E-state index contributed by atoms with van der Waals surface area (Å²) < 4.78 is 21.6. The second-order valence-electron chi connectivity index (χ2n) is 7.83. The van der Waals surface area contributed by atoms with Crippen LogP contribution in [0.2, 0.25) is 0 Å². The van der Waals surface area contributed by atoms with Gasteiger partial charge in [0.25, 0.3) is 0 Å². The van der Waals surface area contributed by atoms with Gasteiger partial charge in [0.1, 0.15) is 23.0 Å². The lowest BCUT2D eigenvalue weighted by molar-refractivity contribution is 0.402. The smallest absolute Gasteiger partial charge is 0.126 e. The highest BCUT2D eigenvalue weighted by molar-refractivity contribution is 5.76. The molecule has 0 aliphatic carbocycles. The number of rotatable bonds is 9. The number of ether oxygens (including phenoxy) is 4. The summed E-state index contributed by atoms with van der Waals surface area (Å²) >= 11 is 0. The Bertz CT molecular complexity index is 1290. The summed E-state index contributed by atoms with van der Waals surface area (Å²) in [6, 6.07) is 19.3. The van der Waals surface area contributed by atoms with Crippen molar-refractivity contribution in [2.24, 2.45) is 0 Å². The molecule has 0 radical (unpaired) electrons. The minimum Gasteiger partial charge on any atom is -0.497 e. The maximum absolute atomic E-state index is 5.47. The average molecular weight is 481 g/mol. The van der Waals surface area contributed by atoms with E-state index in [-0.39, 0.29) is 0 Å². The maximum atomic E-state index is 5.47. The second kappa shape index (κ2) is 11.7. The van der Waals surface area contributed by atoms with Crippen LogP contribution in [0.1, 0.15) is 22.3 Å². The number of aromatic nitrogens is 2. The minimum absolute atomic E-state index is 0.770. The number of nitrogens with zero attached hydrogens (tertiary/aromatic N) is 2. The normalized spacial score (nSPS) is 11.1. The number of hydrogen-bond donors (Lipinski definition) is 0. The van der Waals surface area contributed by atoms with Crippen molar-refractivity contribution in [2.75, 3.05) is 28.4 Å². The lowest BCUT2D eigenvalue weighted by Gasteiger charge is -2.08. The fourth-order valence-corrected chi connectivity index (χ4v) is 3.69. The Morgan fingerprint density at radius 3 is 1.33 bits per heavy atom. The molecule has 4 rings (SSSR count). The molecule has 0 atom stereocenters. The lowest BCUT2D eigenvalue weighted by atomic mass is 10.1. The molecule has 4 aromatic rings. The first-order valence-electron chi connectivity index (χ1n) is 11.4. The Morgan fingerprint density at radius 1 is 0.500 bits per heavy atom. The Kier molecular flexibility index (Phi) is 7.98. The largest absolute Gasteiger partial charge is 0.497 e. The number of hydrogen-bond acceptors (Lipinski definition) is 6. The van der Waals surface area contributed by atoms with Gasteiger partial charge in [-0.25, -0.2) is 0 Å². The van der Waals surface area contributed by atoms with Crippen molar-refractivity contribution in [3.05, 3.63) is 95.3 Å². The first kappa shape index (κ1) is 24.5. The highest BCUT2D eigenvalue weighted by Gasteiger charge is 2.06. The Balaban J connectivity index is 1.58. The van der Waals surface area contributed by atoms with Crippen molar-refractivity contribution < 1.29 is 18.9 Å². The molecule has 2 aromatic carbocycles. The Hall–Kier alpha value is -4.58. The number of benzene rings is 2. The van der Waals surface area contributed by atoms with Crippen molar-refractivity contribution >= 4 is 24.3 Å². The van der Waals surface area contributed by atoms with E-state index in [1.165, 1.54) is 0 Å². The molecule has 2 aromatic heterocycles. The van der Waals surface area contributed by atoms with E-state index >= 15 is 0 Å². The molecule has 0 spiro atoms. The summed E-state index contributed by atoms with van der Waals surface area (Å²) in [5, 5.41) is 0. The molecule has 2 heterocycles. The third-order valence-corrected chi connectivity index (χ3v) is 5.61. The molecule has 0 amide bonds. The topological polar surface area (TPSA) is 62.7 Å². The predicted octanol–water partition coefficient (Wildman–Crippen LogP) is 6.52. The van der Waals surface area contributed by atoms with Crippen LogP contribution < -0.4 is 18.9 Å². The van der Waals surface area contributed by atoms with E-state index in [0.29, 0.717) is 0 Å². The van der Waals surface area contributed by atoms with Gasteiger partial charge in [-0.3, -0.25) is 9.97 Å². The molecule has 0 saturated carbocycles. The molecule has 0 N–H and O–H groups in total. The van der Waals surface area contributed by atoms with Crippen molar-refractivity contribution in [2.45, 2.75) is 0 Å². The van der Waals surface area contributed by atoms with Gasteiger partial charge in [-0.15, -0.1) is 0 Å². The van der Waals surface area contributed by atoms with Gasteiger partial charge in [0.15, 0.2) is 0 Å². The molecule has 0 saturated heterocycles. The van der Waals surface area contributed by atoms with Gasteiger partial charge >= 0.3 is 0 Å². The first-order chi connectivity index (χ1) is 17.6. The Labute approximate surface area is 211 Å². The van der Waals surface area contributed by atoms with Gasteiger partial charge in [-0.2, -0.15) is 0 Å². The number of methoxy groups -OCH3 is 4. The zero-order valence-electron chi connectivity index (χ0n) is 20.8. The van der Waals surface area contributed by atoms with Crippen LogP contribution in [0.15, 0.2) is 73.1 Å². The highest BCUT2D eigenvalue weighted by Crippen LogP contribution is 2.28. The van der Waals surface area contributed by atoms with E-state index in [9.17, 15) is 0 Å². The standard InChI is InChI=1S/C30H28N2O4/c1-33-25-9-11-29(35-3)23(19-25)7-5-21-13-15-31-27(17-21)28-18-22(14-16-32-28)6-8-24-20-26(34-2)10-12-30(24)36-4/h5-20H,1-4H3/b7-5+,8-6+. The van der Waals surface area contributed by atoms with Crippen molar-refractivity contribution in [1.29, 1.82) is 0 Å². The monoisotopic (exact) mass is 480 g/mol. The molecule has 0 fully saturated rings. The van der Waals surface area contributed by atoms with Gasteiger partial charge in [0, 0.05) is 23.5 Å². The van der Waals surface area contributed by atoms with Gasteiger partial charge in [0.05, 0.1) is 39.8 Å². The third-order valence-electron chi connectivity index (χ3n) is 5.61. The van der Waals surface area contributed by atoms with Gasteiger partial charge in [-0.1, -0.05) is 24.3 Å². The van der Waals surface area contributed by atoms with E-state index in [1.54, 1.807) is 40.8 Å². The highest BCUT2D eigenvalue weighted by atomic mass is 16.5. The molecule has 0 bridgehead atoms. The summed E-state index contributed by atoms with van der Waals surface area (Å²) in [6.07, 6.45) is 11.6. The maximum Gasteiger partial charge on any atom is 0.126 e. The SMILES string of the molecule is COc1ccc(OC)c(/C=C/c2ccnc(-c3cc(/C=C/c4cc(OC)ccc4OC)ccn3)c2)c1. The molecule has 0 aliphatic rings. The fraction of sp³-hybridized carbons (Fsp3) is 0.133. The molecular formula is C30H28N2O4. The van der Waals surface area contributed by atoms with Crippen molar-refractivity contribution in [3.8, 4) is 34.4 Å². The van der Waals surface area contributed by atoms with Crippen LogP contribution >= 0.6 is 0 Å². The summed E-state index contributed by atoms with van der Waals surface area (Å²) in [6.45, 7) is 0. The van der Waals surface area contributed by atoms with Gasteiger partial charge < -0.3 is 18.9 Å². The summed E-state index contributed by atoms with van der Waals surface area (Å²) in [5.74, 6) is 3.09. The first-order valence-corrected chi connectivity index (χ1v) is 11.4. The van der Waals surface area contributed by atoms with Crippen LogP contribution in [-0.2, 0) is 0 Å². The molecular weight excluding hydrogens is 452 g/mol. The zero-order chi connectivity index (χ0) is 25.3. The quantitative estimate of drug-likeness (QED) is 0.272. The van der Waals surface area contributed by atoms with E-state index < -0.39 is 0 Å². The van der Waals surface area contributed by atoms with Gasteiger partial charge in [-0.05, 0) is 71.8 Å². The van der Waals surface area contributed by atoms with Crippen LogP contribution in [0.5, 0.6) is 23.0 Å². The molecule has 36 heavy (non-hydrogen) atoms. The van der Waals surface area contributed by atoms with Crippen molar-refractivity contribution in [3.63, 3.8) is 0 Å². The van der Waals surface area contributed by atoms with Crippen LogP contribution in [0.4, 0.5) is 0 Å². The van der Waals surface area contributed by atoms with Crippen LogP contribution in [-0.4, -0.2) is 38.4 Å². The fourth-order valence-electron chi connectivity index (χ4n) is 3.69. The van der Waals surface area contributed by atoms with Gasteiger partial charge in [0.2, 0.25) is 0 Å². The predicted molar refractivity (Wildman–Crippen MR) is 144 cm³/mol. The minimum atomic E-state index is 0.770. The molecule has 0 aliphatic heterocycles. The molecule has 182 valence electrons. The summed E-state index contributed by atoms with van der Waals surface area (Å²) in [7, 11) is 6.60. The van der Waals surface area contributed by atoms with E-state index in [0.717, 1.165) is 56.6 Å². The zero-order valence-corrected chi connectivity index (χ0v) is 20.8. The van der Waals surface area contributed by atoms with E-state index in [4.69, 9.17) is 18.9 Å². The third kappa shape index (κ3) is 5.91. The van der Waals surface area contributed by atoms with E-state index in [1.807, 2.05) is 85.0 Å². The Morgan fingerprint density at radius 2 is 0.944 bits per heavy atom. The molecule has 6 nitrogen and oxygen atoms in total.